The number of hydrogen-bond donors (Lipinski definition) is 1. The summed E-state index contributed by atoms with van der Waals surface area (Å²) in [6.45, 7) is 10.7. The highest BCUT2D eigenvalue weighted by molar-refractivity contribution is 5.28. The van der Waals surface area contributed by atoms with Crippen LogP contribution in [0.4, 0.5) is 0 Å². The second kappa shape index (κ2) is 6.73. The maximum Gasteiger partial charge on any atom is 0.0692 e. The maximum absolute atomic E-state index is 6.04. The quantitative estimate of drug-likeness (QED) is 0.872. The Balaban J connectivity index is 1.93. The molecule has 1 aliphatic heterocycles. The Kier molecular flexibility index (Phi) is 5.22. The molecule has 1 heterocycles. The molecule has 1 aromatic carbocycles. The Morgan fingerprint density at radius 3 is 2.40 bits per heavy atom. The minimum absolute atomic E-state index is 0.110. The van der Waals surface area contributed by atoms with Crippen molar-refractivity contribution < 1.29 is 4.74 Å². The lowest BCUT2D eigenvalue weighted by atomic mass is 9.86. The Labute approximate surface area is 123 Å². The van der Waals surface area contributed by atoms with Crippen molar-refractivity contribution in [1.82, 2.24) is 5.32 Å². The summed E-state index contributed by atoms with van der Waals surface area (Å²) < 4.78 is 6.04. The van der Waals surface area contributed by atoms with Crippen LogP contribution in [0.25, 0.3) is 0 Å². The Hall–Kier alpha value is -0.860. The number of benzene rings is 1. The summed E-state index contributed by atoms with van der Waals surface area (Å²) in [5.41, 5.74) is 4.21. The maximum atomic E-state index is 6.04. The van der Waals surface area contributed by atoms with Crippen molar-refractivity contribution in [3.05, 3.63) is 34.9 Å². The van der Waals surface area contributed by atoms with Crippen LogP contribution in [0.5, 0.6) is 0 Å². The summed E-state index contributed by atoms with van der Waals surface area (Å²) in [5.74, 6) is 0. The van der Waals surface area contributed by atoms with E-state index >= 15 is 0 Å². The number of hydrogen-bond acceptors (Lipinski definition) is 2. The van der Waals surface area contributed by atoms with Gasteiger partial charge in [-0.15, -0.1) is 0 Å². The van der Waals surface area contributed by atoms with E-state index in [1.165, 1.54) is 16.7 Å². The number of ether oxygens (including phenoxy) is 1. The molecule has 0 saturated carbocycles. The topological polar surface area (TPSA) is 21.3 Å². The van der Waals surface area contributed by atoms with Gasteiger partial charge >= 0.3 is 0 Å². The SMILES string of the molecule is CCC1(CC)CC(NCc2cc(C)cc(C)c2)CCO1. The van der Waals surface area contributed by atoms with Crippen LogP contribution in [0, 0.1) is 13.8 Å². The third-order valence-corrected chi connectivity index (χ3v) is 4.66. The van der Waals surface area contributed by atoms with Crippen LogP contribution in [-0.4, -0.2) is 18.2 Å². The monoisotopic (exact) mass is 275 g/mol. The second-order valence-corrected chi connectivity index (χ2v) is 6.31. The first-order valence-electron chi connectivity index (χ1n) is 8.01. The van der Waals surface area contributed by atoms with E-state index in [0.717, 1.165) is 38.8 Å². The van der Waals surface area contributed by atoms with Gasteiger partial charge in [-0.05, 0) is 45.1 Å². The summed E-state index contributed by atoms with van der Waals surface area (Å²) >= 11 is 0. The van der Waals surface area contributed by atoms with Gasteiger partial charge in [0.05, 0.1) is 5.60 Å². The molecule has 1 atom stereocenters. The summed E-state index contributed by atoms with van der Waals surface area (Å²) in [6.07, 6.45) is 4.51. The van der Waals surface area contributed by atoms with Crippen molar-refractivity contribution in [2.75, 3.05) is 6.61 Å². The Bertz CT molecular complexity index is 417. The van der Waals surface area contributed by atoms with E-state index in [4.69, 9.17) is 4.74 Å². The van der Waals surface area contributed by atoms with Crippen molar-refractivity contribution in [2.45, 2.75) is 71.6 Å². The van der Waals surface area contributed by atoms with Crippen molar-refractivity contribution in [3.63, 3.8) is 0 Å². The molecule has 0 radical (unpaired) electrons. The first-order chi connectivity index (χ1) is 9.57. The molecular formula is C18H29NO. The highest BCUT2D eigenvalue weighted by atomic mass is 16.5. The van der Waals surface area contributed by atoms with Crippen LogP contribution in [0.3, 0.4) is 0 Å². The van der Waals surface area contributed by atoms with Crippen molar-refractivity contribution >= 4 is 0 Å². The van der Waals surface area contributed by atoms with Crippen LogP contribution < -0.4 is 5.32 Å². The van der Waals surface area contributed by atoms with Gasteiger partial charge in [-0.1, -0.05) is 43.2 Å². The molecule has 20 heavy (non-hydrogen) atoms. The molecule has 1 aromatic rings. The van der Waals surface area contributed by atoms with Crippen molar-refractivity contribution in [3.8, 4) is 0 Å². The van der Waals surface area contributed by atoms with Gasteiger partial charge in [0, 0.05) is 19.2 Å². The average molecular weight is 275 g/mol. The van der Waals surface area contributed by atoms with Gasteiger partial charge in [-0.25, -0.2) is 0 Å². The largest absolute Gasteiger partial charge is 0.375 e. The summed E-state index contributed by atoms with van der Waals surface area (Å²) in [7, 11) is 0. The Morgan fingerprint density at radius 1 is 1.15 bits per heavy atom. The lowest BCUT2D eigenvalue weighted by Crippen LogP contribution is -2.46. The molecule has 0 aromatic heterocycles. The molecule has 1 saturated heterocycles. The minimum Gasteiger partial charge on any atom is -0.375 e. The predicted octanol–water partition coefficient (Wildman–Crippen LogP) is 4.13. The van der Waals surface area contributed by atoms with Crippen LogP contribution in [0.15, 0.2) is 18.2 Å². The zero-order valence-electron chi connectivity index (χ0n) is 13.5. The van der Waals surface area contributed by atoms with E-state index in [1.807, 2.05) is 0 Å². The molecule has 0 spiro atoms. The van der Waals surface area contributed by atoms with Crippen LogP contribution >= 0.6 is 0 Å². The lowest BCUT2D eigenvalue weighted by Gasteiger charge is -2.40. The molecule has 1 aliphatic rings. The van der Waals surface area contributed by atoms with Gasteiger partial charge in [0.15, 0.2) is 0 Å². The van der Waals surface area contributed by atoms with Gasteiger partial charge in [-0.3, -0.25) is 0 Å². The van der Waals surface area contributed by atoms with Gasteiger partial charge in [-0.2, -0.15) is 0 Å². The molecule has 0 aliphatic carbocycles. The molecule has 2 rings (SSSR count). The fourth-order valence-corrected chi connectivity index (χ4v) is 3.38. The second-order valence-electron chi connectivity index (χ2n) is 6.31. The minimum atomic E-state index is 0.110. The Morgan fingerprint density at radius 2 is 1.80 bits per heavy atom. The standard InChI is InChI=1S/C18H29NO/c1-5-18(6-2)12-17(7-8-20-18)19-13-16-10-14(3)9-15(4)11-16/h9-11,17,19H,5-8,12-13H2,1-4H3. The van der Waals surface area contributed by atoms with E-state index in [0.29, 0.717) is 6.04 Å². The zero-order chi connectivity index (χ0) is 14.6. The van der Waals surface area contributed by atoms with E-state index in [2.05, 4.69) is 51.2 Å². The first-order valence-corrected chi connectivity index (χ1v) is 8.01. The molecule has 0 bridgehead atoms. The van der Waals surface area contributed by atoms with Crippen molar-refractivity contribution in [2.24, 2.45) is 0 Å². The number of aryl methyl sites for hydroxylation is 2. The van der Waals surface area contributed by atoms with Crippen LogP contribution in [0.1, 0.15) is 56.2 Å². The van der Waals surface area contributed by atoms with Crippen LogP contribution in [-0.2, 0) is 11.3 Å². The molecule has 2 nitrogen and oxygen atoms in total. The van der Waals surface area contributed by atoms with Gasteiger partial charge < -0.3 is 10.1 Å². The lowest BCUT2D eigenvalue weighted by molar-refractivity contribution is -0.0932. The van der Waals surface area contributed by atoms with E-state index in [-0.39, 0.29) is 5.60 Å². The normalized spacial score (nSPS) is 21.9. The third kappa shape index (κ3) is 3.83. The van der Waals surface area contributed by atoms with E-state index in [9.17, 15) is 0 Å². The first kappa shape index (κ1) is 15.5. The fourth-order valence-electron chi connectivity index (χ4n) is 3.38. The molecule has 112 valence electrons. The predicted molar refractivity (Wildman–Crippen MR) is 85.0 cm³/mol. The smallest absolute Gasteiger partial charge is 0.0692 e. The zero-order valence-corrected chi connectivity index (χ0v) is 13.5. The van der Waals surface area contributed by atoms with E-state index < -0.39 is 0 Å². The molecule has 2 heteroatoms. The molecule has 1 fully saturated rings. The summed E-state index contributed by atoms with van der Waals surface area (Å²) in [6, 6.07) is 7.39. The fraction of sp³-hybridized carbons (Fsp3) is 0.667. The van der Waals surface area contributed by atoms with Crippen molar-refractivity contribution in [1.29, 1.82) is 0 Å². The van der Waals surface area contributed by atoms with Gasteiger partial charge in [0.1, 0.15) is 0 Å². The number of nitrogens with one attached hydrogen (secondary N) is 1. The molecular weight excluding hydrogens is 246 g/mol. The summed E-state index contributed by atoms with van der Waals surface area (Å²) in [4.78, 5) is 0. The number of rotatable bonds is 5. The van der Waals surface area contributed by atoms with Gasteiger partial charge in [0.2, 0.25) is 0 Å². The highest BCUT2D eigenvalue weighted by Crippen LogP contribution is 2.31. The average Bonchev–Trinajstić information content (AvgIpc) is 2.44. The van der Waals surface area contributed by atoms with Crippen LogP contribution in [0.2, 0.25) is 0 Å². The summed E-state index contributed by atoms with van der Waals surface area (Å²) in [5, 5.41) is 3.74. The molecule has 1 N–H and O–H groups in total. The highest BCUT2D eigenvalue weighted by Gasteiger charge is 2.34. The molecule has 0 amide bonds. The molecule has 1 unspecified atom stereocenters. The third-order valence-electron chi connectivity index (χ3n) is 4.66. The van der Waals surface area contributed by atoms with Gasteiger partial charge in [0.25, 0.3) is 0 Å². The van der Waals surface area contributed by atoms with E-state index in [1.54, 1.807) is 0 Å².